The molecule has 0 spiro atoms. The maximum Gasteiger partial charge on any atom is 0.159 e. The van der Waals surface area contributed by atoms with E-state index < -0.39 is 0 Å². The molecule has 0 fully saturated rings. The molecular weight excluding hydrogens is 278 g/mol. The standard InChI is InChI=1S/C7H3BrClNS2/c8-5-3(9)1-2-4-6(5)12-7(11)10-4/h1-2H,(H,10,11). The third-order valence-corrected chi connectivity index (χ3v) is 4.38. The smallest absolute Gasteiger partial charge is 0.159 e. The van der Waals surface area contributed by atoms with Crippen LogP contribution in [0.5, 0.6) is 0 Å². The van der Waals surface area contributed by atoms with Gasteiger partial charge in [0.15, 0.2) is 3.95 Å². The summed E-state index contributed by atoms with van der Waals surface area (Å²) < 4.78 is 2.76. The van der Waals surface area contributed by atoms with Crippen LogP contribution >= 0.6 is 51.1 Å². The molecule has 12 heavy (non-hydrogen) atoms. The van der Waals surface area contributed by atoms with Crippen LogP contribution in [-0.2, 0) is 0 Å². The lowest BCUT2D eigenvalue weighted by Crippen LogP contribution is -1.70. The van der Waals surface area contributed by atoms with Gasteiger partial charge in [-0.2, -0.15) is 0 Å². The largest absolute Gasteiger partial charge is 0.337 e. The Balaban J connectivity index is 2.99. The average Bonchev–Trinajstić information content (AvgIpc) is 2.39. The van der Waals surface area contributed by atoms with Gasteiger partial charge in [0.25, 0.3) is 0 Å². The number of thiazole rings is 1. The minimum absolute atomic E-state index is 0.716. The molecule has 1 nitrogen and oxygen atoms in total. The number of benzene rings is 1. The van der Waals surface area contributed by atoms with Crippen molar-refractivity contribution in [3.8, 4) is 0 Å². The molecule has 2 rings (SSSR count). The highest BCUT2D eigenvalue weighted by Crippen LogP contribution is 2.33. The molecule has 62 valence electrons. The van der Waals surface area contributed by atoms with Gasteiger partial charge < -0.3 is 4.98 Å². The predicted molar refractivity (Wildman–Crippen MR) is 59.7 cm³/mol. The Morgan fingerprint density at radius 2 is 2.25 bits per heavy atom. The van der Waals surface area contributed by atoms with E-state index in [2.05, 4.69) is 20.9 Å². The van der Waals surface area contributed by atoms with Gasteiger partial charge in [-0.25, -0.2) is 0 Å². The molecule has 0 saturated heterocycles. The third kappa shape index (κ3) is 1.33. The van der Waals surface area contributed by atoms with Crippen molar-refractivity contribution in [2.24, 2.45) is 0 Å². The Morgan fingerprint density at radius 3 is 3.00 bits per heavy atom. The van der Waals surface area contributed by atoms with Gasteiger partial charge in [0, 0.05) is 0 Å². The van der Waals surface area contributed by atoms with Crippen molar-refractivity contribution in [1.29, 1.82) is 0 Å². The van der Waals surface area contributed by atoms with E-state index >= 15 is 0 Å². The molecule has 0 amide bonds. The van der Waals surface area contributed by atoms with Crippen molar-refractivity contribution < 1.29 is 0 Å². The Hall–Kier alpha value is 0.1000. The first-order valence-electron chi connectivity index (χ1n) is 3.15. The Bertz CT molecular complexity index is 488. The molecule has 1 N–H and O–H groups in total. The van der Waals surface area contributed by atoms with E-state index in [9.17, 15) is 0 Å². The molecule has 0 unspecified atom stereocenters. The first kappa shape index (κ1) is 8.69. The van der Waals surface area contributed by atoms with Gasteiger partial charge in [-0.15, -0.1) is 11.3 Å². The molecule has 5 heteroatoms. The maximum atomic E-state index is 5.91. The van der Waals surface area contributed by atoms with E-state index in [1.807, 2.05) is 12.1 Å². The molecule has 1 aromatic carbocycles. The summed E-state index contributed by atoms with van der Waals surface area (Å²) in [6.45, 7) is 0. The molecule has 0 aliphatic heterocycles. The normalized spacial score (nSPS) is 10.8. The number of H-pyrrole nitrogens is 1. The van der Waals surface area contributed by atoms with Gasteiger partial charge in [0.2, 0.25) is 0 Å². The van der Waals surface area contributed by atoms with Crippen LogP contribution in [0, 0.1) is 3.95 Å². The third-order valence-electron chi connectivity index (χ3n) is 1.48. The fourth-order valence-electron chi connectivity index (χ4n) is 0.958. The quantitative estimate of drug-likeness (QED) is 0.708. The number of aromatic amines is 1. The average molecular weight is 281 g/mol. The Kier molecular flexibility index (Phi) is 2.25. The summed E-state index contributed by atoms with van der Waals surface area (Å²) in [5, 5.41) is 0.716. The number of halogens is 2. The molecule has 0 aliphatic carbocycles. The zero-order valence-corrected chi connectivity index (χ0v) is 9.70. The van der Waals surface area contributed by atoms with Crippen molar-refractivity contribution in [1.82, 2.24) is 4.98 Å². The van der Waals surface area contributed by atoms with E-state index in [-0.39, 0.29) is 0 Å². The van der Waals surface area contributed by atoms with Crippen molar-refractivity contribution >= 4 is 61.3 Å². The number of nitrogens with one attached hydrogen (secondary N) is 1. The Labute approximate surface area is 91.5 Å². The minimum Gasteiger partial charge on any atom is -0.337 e. The summed E-state index contributed by atoms with van der Waals surface area (Å²) in [5.41, 5.74) is 1.03. The van der Waals surface area contributed by atoms with Crippen LogP contribution < -0.4 is 0 Å². The lowest BCUT2D eigenvalue weighted by molar-refractivity contribution is 1.47. The van der Waals surface area contributed by atoms with Crippen molar-refractivity contribution in [2.45, 2.75) is 0 Å². The van der Waals surface area contributed by atoms with E-state index in [1.165, 1.54) is 11.3 Å². The number of hydrogen-bond donors (Lipinski definition) is 1. The van der Waals surface area contributed by atoms with Crippen LogP contribution in [0.4, 0.5) is 0 Å². The van der Waals surface area contributed by atoms with Gasteiger partial charge in [-0.05, 0) is 40.3 Å². The molecule has 0 saturated carbocycles. The van der Waals surface area contributed by atoms with Crippen molar-refractivity contribution in [3.05, 3.63) is 25.6 Å². The van der Waals surface area contributed by atoms with E-state index in [0.717, 1.165) is 18.6 Å². The van der Waals surface area contributed by atoms with Gasteiger partial charge in [-0.1, -0.05) is 11.6 Å². The van der Waals surface area contributed by atoms with Gasteiger partial charge in [0.05, 0.1) is 19.7 Å². The molecule has 0 bridgehead atoms. The van der Waals surface area contributed by atoms with Crippen LogP contribution in [0.3, 0.4) is 0 Å². The molecule has 1 aromatic heterocycles. The zero-order chi connectivity index (χ0) is 8.72. The van der Waals surface area contributed by atoms with E-state index in [1.54, 1.807) is 0 Å². The SMILES string of the molecule is S=c1[nH]c2ccc(Cl)c(Br)c2s1. The fourth-order valence-corrected chi connectivity index (χ4v) is 2.90. The van der Waals surface area contributed by atoms with Crippen LogP contribution in [0.2, 0.25) is 5.02 Å². The highest BCUT2D eigenvalue weighted by molar-refractivity contribution is 9.10. The topological polar surface area (TPSA) is 15.8 Å². The second-order valence-corrected chi connectivity index (χ2v) is 5.14. The van der Waals surface area contributed by atoms with Crippen LogP contribution in [0.25, 0.3) is 10.2 Å². The number of hydrogen-bond acceptors (Lipinski definition) is 2. The summed E-state index contributed by atoms with van der Waals surface area (Å²) in [5.74, 6) is 0. The van der Waals surface area contributed by atoms with Gasteiger partial charge in [-0.3, -0.25) is 0 Å². The molecule has 0 radical (unpaired) electrons. The second kappa shape index (κ2) is 3.10. The van der Waals surface area contributed by atoms with Gasteiger partial charge >= 0.3 is 0 Å². The fraction of sp³-hybridized carbons (Fsp3) is 0. The number of fused-ring (bicyclic) bond motifs is 1. The lowest BCUT2D eigenvalue weighted by atomic mass is 10.3. The van der Waals surface area contributed by atoms with Crippen LogP contribution in [-0.4, -0.2) is 4.98 Å². The number of aromatic nitrogens is 1. The molecule has 0 atom stereocenters. The first-order chi connectivity index (χ1) is 5.68. The minimum atomic E-state index is 0.716. The van der Waals surface area contributed by atoms with Gasteiger partial charge in [0.1, 0.15) is 0 Å². The molecule has 2 aromatic rings. The van der Waals surface area contributed by atoms with E-state index in [0.29, 0.717) is 5.02 Å². The van der Waals surface area contributed by atoms with E-state index in [4.69, 9.17) is 23.8 Å². The van der Waals surface area contributed by atoms with Crippen molar-refractivity contribution in [3.63, 3.8) is 0 Å². The molecule has 1 heterocycles. The maximum absolute atomic E-state index is 5.91. The summed E-state index contributed by atoms with van der Waals surface area (Å²) in [6.07, 6.45) is 0. The summed E-state index contributed by atoms with van der Waals surface area (Å²) >= 11 is 15.9. The van der Waals surface area contributed by atoms with Crippen LogP contribution in [0.1, 0.15) is 0 Å². The highest BCUT2D eigenvalue weighted by Gasteiger charge is 2.04. The molecule has 0 aliphatic rings. The predicted octanol–water partition coefficient (Wildman–Crippen LogP) is 4.37. The summed E-state index contributed by atoms with van der Waals surface area (Å²) in [7, 11) is 0. The first-order valence-corrected chi connectivity index (χ1v) is 5.55. The zero-order valence-electron chi connectivity index (χ0n) is 5.73. The molecular formula is C7H3BrClNS2. The monoisotopic (exact) mass is 279 g/mol. The highest BCUT2D eigenvalue weighted by atomic mass is 79.9. The second-order valence-electron chi connectivity index (χ2n) is 2.25. The van der Waals surface area contributed by atoms with Crippen LogP contribution in [0.15, 0.2) is 16.6 Å². The summed E-state index contributed by atoms with van der Waals surface area (Å²) in [6, 6.07) is 3.76. The number of rotatable bonds is 0. The lowest BCUT2D eigenvalue weighted by Gasteiger charge is -1.94. The van der Waals surface area contributed by atoms with Crippen molar-refractivity contribution in [2.75, 3.05) is 0 Å². The Morgan fingerprint density at radius 1 is 1.50 bits per heavy atom. The summed E-state index contributed by atoms with van der Waals surface area (Å²) in [4.78, 5) is 3.07.